The third-order valence-corrected chi connectivity index (χ3v) is 3.39. The first kappa shape index (κ1) is 11.5. The SMILES string of the molecule is COC(=O)C(CN)C1CCC(C)CC1. The molecule has 3 heteroatoms. The minimum atomic E-state index is -0.132. The van der Waals surface area contributed by atoms with Crippen LogP contribution in [0.15, 0.2) is 0 Å². The maximum Gasteiger partial charge on any atom is 0.310 e. The summed E-state index contributed by atoms with van der Waals surface area (Å²) >= 11 is 0. The Kier molecular flexibility index (Phi) is 4.39. The number of nitrogens with two attached hydrogens (primary N) is 1. The first-order valence-corrected chi connectivity index (χ1v) is 5.47. The van der Waals surface area contributed by atoms with Gasteiger partial charge in [-0.05, 0) is 24.7 Å². The second-order valence-electron chi connectivity index (χ2n) is 4.39. The summed E-state index contributed by atoms with van der Waals surface area (Å²) < 4.78 is 4.76. The Labute approximate surface area is 86.0 Å². The number of rotatable bonds is 3. The summed E-state index contributed by atoms with van der Waals surface area (Å²) in [6.45, 7) is 2.69. The van der Waals surface area contributed by atoms with E-state index in [0.717, 1.165) is 18.8 Å². The Morgan fingerprint density at radius 2 is 2.00 bits per heavy atom. The van der Waals surface area contributed by atoms with Gasteiger partial charge in [0.25, 0.3) is 0 Å². The zero-order valence-corrected chi connectivity index (χ0v) is 9.16. The molecule has 1 aliphatic rings. The van der Waals surface area contributed by atoms with E-state index in [0.29, 0.717) is 12.5 Å². The van der Waals surface area contributed by atoms with Crippen LogP contribution in [-0.2, 0) is 9.53 Å². The first-order chi connectivity index (χ1) is 6.69. The maximum absolute atomic E-state index is 11.4. The Bertz CT molecular complexity index is 186. The molecule has 0 aromatic heterocycles. The molecule has 1 saturated carbocycles. The van der Waals surface area contributed by atoms with Crippen LogP contribution in [0.3, 0.4) is 0 Å². The number of carbonyl (C=O) groups excluding carboxylic acids is 1. The van der Waals surface area contributed by atoms with Gasteiger partial charge in [0.1, 0.15) is 0 Å². The predicted octanol–water partition coefficient (Wildman–Crippen LogP) is 1.56. The highest BCUT2D eigenvalue weighted by Crippen LogP contribution is 2.33. The van der Waals surface area contributed by atoms with Crippen molar-refractivity contribution in [3.05, 3.63) is 0 Å². The number of esters is 1. The van der Waals surface area contributed by atoms with Crippen LogP contribution in [0, 0.1) is 17.8 Å². The molecule has 1 aliphatic carbocycles. The average molecular weight is 199 g/mol. The summed E-state index contributed by atoms with van der Waals surface area (Å²) in [6.07, 6.45) is 4.69. The molecular weight excluding hydrogens is 178 g/mol. The Balaban J connectivity index is 2.48. The van der Waals surface area contributed by atoms with E-state index in [1.807, 2.05) is 0 Å². The van der Waals surface area contributed by atoms with E-state index in [1.54, 1.807) is 0 Å². The van der Waals surface area contributed by atoms with Crippen LogP contribution in [0.25, 0.3) is 0 Å². The van der Waals surface area contributed by atoms with Gasteiger partial charge in [-0.1, -0.05) is 19.8 Å². The minimum Gasteiger partial charge on any atom is -0.469 e. The van der Waals surface area contributed by atoms with Gasteiger partial charge in [0.2, 0.25) is 0 Å². The fourth-order valence-corrected chi connectivity index (χ4v) is 2.32. The molecule has 1 unspecified atom stereocenters. The highest BCUT2D eigenvalue weighted by atomic mass is 16.5. The van der Waals surface area contributed by atoms with Crippen molar-refractivity contribution in [2.75, 3.05) is 13.7 Å². The van der Waals surface area contributed by atoms with Crippen LogP contribution in [0.5, 0.6) is 0 Å². The van der Waals surface area contributed by atoms with Crippen molar-refractivity contribution in [3.8, 4) is 0 Å². The van der Waals surface area contributed by atoms with Crippen molar-refractivity contribution in [2.45, 2.75) is 32.6 Å². The molecule has 0 spiro atoms. The van der Waals surface area contributed by atoms with E-state index in [-0.39, 0.29) is 11.9 Å². The number of carbonyl (C=O) groups is 1. The van der Waals surface area contributed by atoms with Gasteiger partial charge in [-0.25, -0.2) is 0 Å². The lowest BCUT2D eigenvalue weighted by Crippen LogP contribution is -2.33. The summed E-state index contributed by atoms with van der Waals surface area (Å²) in [5.74, 6) is 1.05. The molecule has 0 saturated heterocycles. The van der Waals surface area contributed by atoms with E-state index in [4.69, 9.17) is 10.5 Å². The number of hydrogen-bond acceptors (Lipinski definition) is 3. The van der Waals surface area contributed by atoms with E-state index in [2.05, 4.69) is 6.92 Å². The molecule has 1 rings (SSSR count). The lowest BCUT2D eigenvalue weighted by molar-refractivity contribution is -0.147. The van der Waals surface area contributed by atoms with Gasteiger partial charge in [-0.3, -0.25) is 4.79 Å². The van der Waals surface area contributed by atoms with Crippen LogP contribution in [0.4, 0.5) is 0 Å². The quantitative estimate of drug-likeness (QED) is 0.702. The molecule has 0 aromatic rings. The topological polar surface area (TPSA) is 52.3 Å². The molecule has 0 aromatic carbocycles. The molecule has 1 atom stereocenters. The molecule has 2 N–H and O–H groups in total. The van der Waals surface area contributed by atoms with E-state index in [9.17, 15) is 4.79 Å². The summed E-state index contributed by atoms with van der Waals surface area (Å²) in [4.78, 5) is 11.4. The van der Waals surface area contributed by atoms with Crippen LogP contribution in [0.1, 0.15) is 32.6 Å². The fraction of sp³-hybridized carbons (Fsp3) is 0.909. The highest BCUT2D eigenvalue weighted by molar-refractivity contribution is 5.72. The molecule has 0 radical (unpaired) electrons. The van der Waals surface area contributed by atoms with Gasteiger partial charge in [-0.2, -0.15) is 0 Å². The molecule has 0 bridgehead atoms. The monoisotopic (exact) mass is 199 g/mol. The fourth-order valence-electron chi connectivity index (χ4n) is 2.32. The van der Waals surface area contributed by atoms with Crippen molar-refractivity contribution in [1.29, 1.82) is 0 Å². The molecular formula is C11H21NO2. The lowest BCUT2D eigenvalue weighted by atomic mass is 9.76. The van der Waals surface area contributed by atoms with E-state index < -0.39 is 0 Å². The Hall–Kier alpha value is -0.570. The number of methoxy groups -OCH3 is 1. The summed E-state index contributed by atoms with van der Waals surface area (Å²) in [6, 6.07) is 0. The minimum absolute atomic E-state index is 0.0764. The second kappa shape index (κ2) is 5.35. The Morgan fingerprint density at radius 3 is 2.43 bits per heavy atom. The highest BCUT2D eigenvalue weighted by Gasteiger charge is 2.30. The maximum atomic E-state index is 11.4. The molecule has 0 aliphatic heterocycles. The van der Waals surface area contributed by atoms with Crippen LogP contribution in [-0.4, -0.2) is 19.6 Å². The zero-order chi connectivity index (χ0) is 10.6. The predicted molar refractivity (Wildman–Crippen MR) is 55.7 cm³/mol. The van der Waals surface area contributed by atoms with Gasteiger partial charge in [0.05, 0.1) is 13.0 Å². The van der Waals surface area contributed by atoms with Crippen molar-refractivity contribution >= 4 is 5.97 Å². The molecule has 0 heterocycles. The third-order valence-electron chi connectivity index (χ3n) is 3.39. The van der Waals surface area contributed by atoms with E-state index >= 15 is 0 Å². The van der Waals surface area contributed by atoms with Gasteiger partial charge in [-0.15, -0.1) is 0 Å². The Morgan fingerprint density at radius 1 is 1.43 bits per heavy atom. The summed E-state index contributed by atoms with van der Waals surface area (Å²) in [5.41, 5.74) is 5.61. The van der Waals surface area contributed by atoms with Crippen molar-refractivity contribution in [1.82, 2.24) is 0 Å². The molecule has 1 fully saturated rings. The molecule has 14 heavy (non-hydrogen) atoms. The van der Waals surface area contributed by atoms with Crippen LogP contribution in [0.2, 0.25) is 0 Å². The standard InChI is InChI=1S/C11H21NO2/c1-8-3-5-9(6-4-8)10(7-12)11(13)14-2/h8-10H,3-7,12H2,1-2H3. The smallest absolute Gasteiger partial charge is 0.310 e. The van der Waals surface area contributed by atoms with Crippen molar-refractivity contribution in [2.24, 2.45) is 23.5 Å². The summed E-state index contributed by atoms with van der Waals surface area (Å²) in [7, 11) is 1.44. The molecule has 3 nitrogen and oxygen atoms in total. The van der Waals surface area contributed by atoms with Gasteiger partial charge in [0.15, 0.2) is 0 Å². The van der Waals surface area contributed by atoms with Crippen molar-refractivity contribution < 1.29 is 9.53 Å². The normalized spacial score (nSPS) is 29.6. The van der Waals surface area contributed by atoms with E-state index in [1.165, 1.54) is 20.0 Å². The summed E-state index contributed by atoms with van der Waals surface area (Å²) in [5, 5.41) is 0. The zero-order valence-electron chi connectivity index (χ0n) is 9.16. The second-order valence-corrected chi connectivity index (χ2v) is 4.39. The van der Waals surface area contributed by atoms with Gasteiger partial charge < -0.3 is 10.5 Å². The van der Waals surface area contributed by atoms with Crippen LogP contribution < -0.4 is 5.73 Å². The average Bonchev–Trinajstić information content (AvgIpc) is 2.21. The first-order valence-electron chi connectivity index (χ1n) is 5.47. The molecule has 82 valence electrons. The number of ether oxygens (including phenoxy) is 1. The van der Waals surface area contributed by atoms with Crippen LogP contribution >= 0.6 is 0 Å². The largest absolute Gasteiger partial charge is 0.469 e. The van der Waals surface area contributed by atoms with Gasteiger partial charge in [0, 0.05) is 6.54 Å². The van der Waals surface area contributed by atoms with Gasteiger partial charge >= 0.3 is 5.97 Å². The van der Waals surface area contributed by atoms with Crippen molar-refractivity contribution in [3.63, 3.8) is 0 Å². The lowest BCUT2D eigenvalue weighted by Gasteiger charge is -2.30. The molecule has 0 amide bonds. The number of hydrogen-bond donors (Lipinski definition) is 1. The third kappa shape index (κ3) is 2.71.